The second-order valence-corrected chi connectivity index (χ2v) is 5.31. The summed E-state index contributed by atoms with van der Waals surface area (Å²) >= 11 is 0. The predicted octanol–water partition coefficient (Wildman–Crippen LogP) is 0.143. The van der Waals surface area contributed by atoms with Crippen LogP contribution in [0.3, 0.4) is 0 Å². The summed E-state index contributed by atoms with van der Waals surface area (Å²) in [6, 6.07) is 6.28. The maximum absolute atomic E-state index is 11.9. The Morgan fingerprint density at radius 3 is 2.56 bits per heavy atom. The number of para-hydroxylation sites is 1. The number of anilines is 1. The van der Waals surface area contributed by atoms with Gasteiger partial charge in [-0.1, -0.05) is 19.1 Å². The Morgan fingerprint density at radius 1 is 1.28 bits per heavy atom. The summed E-state index contributed by atoms with van der Waals surface area (Å²) in [5, 5.41) is 5.25. The van der Waals surface area contributed by atoms with Crippen LogP contribution < -0.4 is 15.4 Å². The van der Waals surface area contributed by atoms with Crippen molar-refractivity contribution in [2.24, 2.45) is 0 Å². The van der Waals surface area contributed by atoms with Crippen LogP contribution in [0.4, 0.5) is 5.69 Å². The van der Waals surface area contributed by atoms with Gasteiger partial charge in [-0.05, 0) is 19.2 Å². The summed E-state index contributed by atoms with van der Waals surface area (Å²) < 4.78 is 26.2. The number of likely N-dealkylation sites (N-methyl/N-ethyl adjacent to an activating group) is 1. The van der Waals surface area contributed by atoms with Crippen LogP contribution in [0, 0.1) is 0 Å². The molecule has 0 radical (unpaired) electrons. The molecule has 0 saturated heterocycles. The molecule has 18 heavy (non-hydrogen) atoms. The lowest BCUT2D eigenvalue weighted by Crippen LogP contribution is -2.28. The normalized spacial score (nSPS) is 11.2. The molecule has 0 saturated carbocycles. The van der Waals surface area contributed by atoms with Crippen LogP contribution in [0.25, 0.3) is 0 Å². The SMILES string of the molecule is CCNS(=O)(=O)c1ccccc1NC(=O)CNC. The summed E-state index contributed by atoms with van der Waals surface area (Å²) in [6.45, 7) is 2.11. The third kappa shape index (κ3) is 3.80. The quantitative estimate of drug-likeness (QED) is 0.687. The molecule has 0 aliphatic carbocycles. The highest BCUT2D eigenvalue weighted by molar-refractivity contribution is 7.89. The van der Waals surface area contributed by atoms with Crippen molar-refractivity contribution < 1.29 is 13.2 Å². The van der Waals surface area contributed by atoms with Crippen molar-refractivity contribution in [3.05, 3.63) is 24.3 Å². The van der Waals surface area contributed by atoms with Crippen LogP contribution in [0.15, 0.2) is 29.2 Å². The molecule has 0 aliphatic rings. The van der Waals surface area contributed by atoms with Gasteiger partial charge in [-0.2, -0.15) is 0 Å². The minimum absolute atomic E-state index is 0.0660. The third-order valence-corrected chi connectivity index (χ3v) is 3.73. The van der Waals surface area contributed by atoms with Crippen LogP contribution >= 0.6 is 0 Å². The van der Waals surface area contributed by atoms with Gasteiger partial charge in [0.2, 0.25) is 15.9 Å². The van der Waals surface area contributed by atoms with Crippen LogP contribution in [-0.4, -0.2) is 34.5 Å². The Morgan fingerprint density at radius 2 is 1.94 bits per heavy atom. The van der Waals surface area contributed by atoms with E-state index in [2.05, 4.69) is 15.4 Å². The lowest BCUT2D eigenvalue weighted by atomic mass is 10.3. The molecule has 0 heterocycles. The number of rotatable bonds is 6. The molecule has 7 heteroatoms. The van der Waals surface area contributed by atoms with E-state index in [0.717, 1.165) is 0 Å². The number of carbonyl (C=O) groups is 1. The number of amides is 1. The molecule has 0 unspecified atom stereocenters. The second kappa shape index (κ2) is 6.48. The number of benzene rings is 1. The topological polar surface area (TPSA) is 87.3 Å². The zero-order valence-electron chi connectivity index (χ0n) is 10.4. The van der Waals surface area contributed by atoms with Gasteiger partial charge in [0, 0.05) is 6.54 Å². The minimum Gasteiger partial charge on any atom is -0.324 e. The van der Waals surface area contributed by atoms with E-state index in [0.29, 0.717) is 6.54 Å². The summed E-state index contributed by atoms with van der Waals surface area (Å²) in [7, 11) is -1.95. The van der Waals surface area contributed by atoms with Crippen LogP contribution in [0.1, 0.15) is 6.92 Å². The van der Waals surface area contributed by atoms with Gasteiger partial charge < -0.3 is 10.6 Å². The van der Waals surface area contributed by atoms with E-state index in [1.807, 2.05) is 0 Å². The van der Waals surface area contributed by atoms with Crippen molar-refractivity contribution in [2.45, 2.75) is 11.8 Å². The Bertz CT molecular complexity index is 514. The molecule has 1 amide bonds. The first-order valence-corrected chi connectivity index (χ1v) is 7.02. The van der Waals surface area contributed by atoms with Gasteiger partial charge in [-0.15, -0.1) is 0 Å². The van der Waals surface area contributed by atoms with Gasteiger partial charge in [0.25, 0.3) is 0 Å². The van der Waals surface area contributed by atoms with E-state index in [1.54, 1.807) is 32.2 Å². The van der Waals surface area contributed by atoms with Crippen molar-refractivity contribution in [1.82, 2.24) is 10.0 Å². The van der Waals surface area contributed by atoms with Crippen LogP contribution in [0.5, 0.6) is 0 Å². The average molecular weight is 271 g/mol. The lowest BCUT2D eigenvalue weighted by Gasteiger charge is -2.11. The maximum atomic E-state index is 11.9. The smallest absolute Gasteiger partial charge is 0.242 e. The van der Waals surface area contributed by atoms with Gasteiger partial charge in [0.1, 0.15) is 4.90 Å². The second-order valence-electron chi connectivity index (χ2n) is 3.58. The zero-order chi connectivity index (χ0) is 13.6. The first-order valence-electron chi connectivity index (χ1n) is 5.54. The standard InChI is InChI=1S/C11H17N3O3S/c1-3-13-18(16,17)10-7-5-4-6-9(10)14-11(15)8-12-2/h4-7,12-13H,3,8H2,1-2H3,(H,14,15). The Hall–Kier alpha value is -1.44. The summed E-state index contributed by atoms with van der Waals surface area (Å²) in [6.07, 6.45) is 0. The Labute approximate surface area is 107 Å². The van der Waals surface area contributed by atoms with Crippen LogP contribution in [-0.2, 0) is 14.8 Å². The molecule has 0 fully saturated rings. The molecule has 0 spiro atoms. The Balaban J connectivity index is 3.03. The minimum atomic E-state index is -3.59. The van der Waals surface area contributed by atoms with Gasteiger partial charge in [-0.25, -0.2) is 13.1 Å². The molecular formula is C11H17N3O3S. The molecule has 3 N–H and O–H groups in total. The summed E-state index contributed by atoms with van der Waals surface area (Å²) in [5.74, 6) is -0.295. The molecule has 0 bridgehead atoms. The molecule has 100 valence electrons. The summed E-state index contributed by atoms with van der Waals surface area (Å²) in [4.78, 5) is 11.5. The third-order valence-electron chi connectivity index (χ3n) is 2.12. The van der Waals surface area contributed by atoms with E-state index in [4.69, 9.17) is 0 Å². The highest BCUT2D eigenvalue weighted by Gasteiger charge is 2.17. The van der Waals surface area contributed by atoms with Gasteiger partial charge in [0.15, 0.2) is 0 Å². The fraction of sp³-hybridized carbons (Fsp3) is 0.364. The van der Waals surface area contributed by atoms with E-state index in [9.17, 15) is 13.2 Å². The van der Waals surface area contributed by atoms with Gasteiger partial charge in [0.05, 0.1) is 12.2 Å². The largest absolute Gasteiger partial charge is 0.324 e. The highest BCUT2D eigenvalue weighted by atomic mass is 32.2. The van der Waals surface area contributed by atoms with Crippen molar-refractivity contribution in [3.8, 4) is 0 Å². The first-order chi connectivity index (χ1) is 8.51. The van der Waals surface area contributed by atoms with E-state index >= 15 is 0 Å². The van der Waals surface area contributed by atoms with E-state index in [-0.39, 0.29) is 23.0 Å². The first kappa shape index (κ1) is 14.6. The van der Waals surface area contributed by atoms with E-state index in [1.165, 1.54) is 6.07 Å². The monoisotopic (exact) mass is 271 g/mol. The molecule has 0 atom stereocenters. The van der Waals surface area contributed by atoms with Crippen molar-refractivity contribution in [1.29, 1.82) is 0 Å². The lowest BCUT2D eigenvalue weighted by molar-refractivity contribution is -0.115. The molecule has 1 aromatic rings. The van der Waals surface area contributed by atoms with Gasteiger partial charge in [-0.3, -0.25) is 4.79 Å². The molecule has 0 aliphatic heterocycles. The van der Waals surface area contributed by atoms with Crippen molar-refractivity contribution >= 4 is 21.6 Å². The van der Waals surface area contributed by atoms with Gasteiger partial charge >= 0.3 is 0 Å². The molecule has 6 nitrogen and oxygen atoms in total. The summed E-state index contributed by atoms with van der Waals surface area (Å²) in [5.41, 5.74) is 0.277. The van der Waals surface area contributed by atoms with E-state index < -0.39 is 10.0 Å². The highest BCUT2D eigenvalue weighted by Crippen LogP contribution is 2.20. The maximum Gasteiger partial charge on any atom is 0.242 e. The average Bonchev–Trinajstić information content (AvgIpc) is 2.29. The number of hydrogen-bond donors (Lipinski definition) is 3. The number of carbonyl (C=O) groups excluding carboxylic acids is 1. The molecule has 1 aromatic carbocycles. The number of sulfonamides is 1. The number of nitrogens with one attached hydrogen (secondary N) is 3. The molecular weight excluding hydrogens is 254 g/mol. The number of hydrogen-bond acceptors (Lipinski definition) is 4. The Kier molecular flexibility index (Phi) is 5.26. The van der Waals surface area contributed by atoms with Crippen LogP contribution in [0.2, 0.25) is 0 Å². The predicted molar refractivity (Wildman–Crippen MR) is 69.9 cm³/mol. The molecule has 1 rings (SSSR count). The fourth-order valence-corrected chi connectivity index (χ4v) is 2.63. The van der Waals surface area contributed by atoms with Crippen molar-refractivity contribution in [3.63, 3.8) is 0 Å². The fourth-order valence-electron chi connectivity index (χ4n) is 1.43. The van der Waals surface area contributed by atoms with Crippen molar-refractivity contribution in [2.75, 3.05) is 25.5 Å². The zero-order valence-corrected chi connectivity index (χ0v) is 11.2. The molecule has 0 aromatic heterocycles.